The SMILES string of the molecule is CCOC(=O)C(C)(C)Oc1ccc(CN(Cc2ccco2)Cc2nc(-c3ccccc3)oc2C)c(OC)c1. The third-order valence-electron chi connectivity index (χ3n) is 6.04. The lowest BCUT2D eigenvalue weighted by molar-refractivity contribution is -0.158. The third kappa shape index (κ3) is 6.63. The van der Waals surface area contributed by atoms with Crippen molar-refractivity contribution in [2.24, 2.45) is 0 Å². The van der Waals surface area contributed by atoms with Crippen LogP contribution >= 0.6 is 0 Å². The van der Waals surface area contributed by atoms with Crippen LogP contribution < -0.4 is 9.47 Å². The maximum Gasteiger partial charge on any atom is 0.349 e. The first-order valence-corrected chi connectivity index (χ1v) is 12.6. The Morgan fingerprint density at radius 2 is 1.82 bits per heavy atom. The Hall–Kier alpha value is -4.04. The summed E-state index contributed by atoms with van der Waals surface area (Å²) in [7, 11) is 1.61. The monoisotopic (exact) mass is 518 g/mol. The summed E-state index contributed by atoms with van der Waals surface area (Å²) < 4.78 is 28.4. The Bertz CT molecular complexity index is 1330. The van der Waals surface area contributed by atoms with Gasteiger partial charge in [0.05, 0.1) is 32.2 Å². The molecule has 0 aliphatic heterocycles. The molecule has 2 aromatic carbocycles. The molecule has 0 fully saturated rings. The van der Waals surface area contributed by atoms with E-state index in [0.29, 0.717) is 37.0 Å². The minimum Gasteiger partial charge on any atom is -0.496 e. The highest BCUT2D eigenvalue weighted by Crippen LogP contribution is 2.30. The predicted molar refractivity (Wildman–Crippen MR) is 143 cm³/mol. The van der Waals surface area contributed by atoms with Crippen molar-refractivity contribution in [3.05, 3.63) is 89.7 Å². The molecular formula is C30H34N2O6. The van der Waals surface area contributed by atoms with Gasteiger partial charge in [-0.1, -0.05) is 24.3 Å². The largest absolute Gasteiger partial charge is 0.496 e. The molecule has 0 radical (unpaired) electrons. The number of furan rings is 1. The second kappa shape index (κ2) is 12.0. The summed E-state index contributed by atoms with van der Waals surface area (Å²) in [6.07, 6.45) is 1.67. The van der Waals surface area contributed by atoms with Crippen LogP contribution in [0.5, 0.6) is 11.5 Å². The number of aromatic nitrogens is 1. The maximum atomic E-state index is 12.3. The maximum absolute atomic E-state index is 12.3. The molecular weight excluding hydrogens is 484 g/mol. The lowest BCUT2D eigenvalue weighted by Gasteiger charge is -2.25. The molecule has 0 aliphatic rings. The van der Waals surface area contributed by atoms with Gasteiger partial charge in [0.15, 0.2) is 5.60 Å². The molecule has 0 saturated heterocycles. The van der Waals surface area contributed by atoms with Gasteiger partial charge in [-0.3, -0.25) is 4.90 Å². The van der Waals surface area contributed by atoms with Crippen LogP contribution in [-0.4, -0.2) is 35.2 Å². The predicted octanol–water partition coefficient (Wildman–Crippen LogP) is 6.17. The van der Waals surface area contributed by atoms with Gasteiger partial charge in [0, 0.05) is 30.3 Å². The van der Waals surface area contributed by atoms with Gasteiger partial charge in [-0.2, -0.15) is 0 Å². The van der Waals surface area contributed by atoms with Gasteiger partial charge in [0.25, 0.3) is 0 Å². The summed E-state index contributed by atoms with van der Waals surface area (Å²) in [5, 5.41) is 0. The van der Waals surface area contributed by atoms with E-state index in [9.17, 15) is 4.79 Å². The Morgan fingerprint density at radius 1 is 1.03 bits per heavy atom. The minimum atomic E-state index is -1.13. The molecule has 0 bridgehead atoms. The first kappa shape index (κ1) is 27.0. The van der Waals surface area contributed by atoms with Crippen LogP contribution in [0.1, 0.15) is 43.5 Å². The van der Waals surface area contributed by atoms with Gasteiger partial charge in [-0.05, 0) is 58.0 Å². The van der Waals surface area contributed by atoms with Crippen molar-refractivity contribution in [3.63, 3.8) is 0 Å². The van der Waals surface area contributed by atoms with Crippen molar-refractivity contribution in [2.75, 3.05) is 13.7 Å². The van der Waals surface area contributed by atoms with Gasteiger partial charge in [-0.15, -0.1) is 0 Å². The fourth-order valence-electron chi connectivity index (χ4n) is 4.08. The number of methoxy groups -OCH3 is 1. The molecule has 8 nitrogen and oxygen atoms in total. The van der Waals surface area contributed by atoms with E-state index < -0.39 is 11.6 Å². The number of hydrogen-bond acceptors (Lipinski definition) is 8. The highest BCUT2D eigenvalue weighted by Gasteiger charge is 2.32. The summed E-state index contributed by atoms with van der Waals surface area (Å²) in [6.45, 7) is 9.01. The fraction of sp³-hybridized carbons (Fsp3) is 0.333. The summed E-state index contributed by atoms with van der Waals surface area (Å²) in [5.74, 6) is 2.94. The van der Waals surface area contributed by atoms with Crippen LogP contribution in [0.25, 0.3) is 11.5 Å². The minimum absolute atomic E-state index is 0.289. The average Bonchev–Trinajstić information content (AvgIpc) is 3.55. The van der Waals surface area contributed by atoms with Crippen LogP contribution in [-0.2, 0) is 29.2 Å². The lowest BCUT2D eigenvalue weighted by Crippen LogP contribution is -2.39. The molecule has 38 heavy (non-hydrogen) atoms. The van der Waals surface area contributed by atoms with Crippen molar-refractivity contribution in [1.29, 1.82) is 0 Å². The number of oxazole rings is 1. The number of nitrogens with zero attached hydrogens (tertiary/aromatic N) is 2. The quantitative estimate of drug-likeness (QED) is 0.206. The number of carbonyl (C=O) groups excluding carboxylic acids is 1. The van der Waals surface area contributed by atoms with Gasteiger partial charge >= 0.3 is 5.97 Å². The van der Waals surface area contributed by atoms with Gasteiger partial charge in [0.1, 0.15) is 23.0 Å². The van der Waals surface area contributed by atoms with Gasteiger partial charge in [0.2, 0.25) is 5.89 Å². The first-order valence-electron chi connectivity index (χ1n) is 12.6. The molecule has 0 aliphatic carbocycles. The summed E-state index contributed by atoms with van der Waals surface area (Å²) in [5.41, 5.74) is 1.60. The van der Waals surface area contributed by atoms with E-state index in [0.717, 1.165) is 28.3 Å². The van der Waals surface area contributed by atoms with Crippen molar-refractivity contribution in [3.8, 4) is 23.0 Å². The molecule has 2 heterocycles. The molecule has 4 rings (SSSR count). The lowest BCUT2D eigenvalue weighted by atomic mass is 10.1. The average molecular weight is 519 g/mol. The van der Waals surface area contributed by atoms with Crippen molar-refractivity contribution in [2.45, 2.75) is 52.9 Å². The fourth-order valence-corrected chi connectivity index (χ4v) is 4.08. The molecule has 200 valence electrons. The zero-order valence-electron chi connectivity index (χ0n) is 22.5. The van der Waals surface area contributed by atoms with Gasteiger partial charge < -0.3 is 23.0 Å². The van der Waals surface area contributed by atoms with E-state index in [1.807, 2.05) is 61.5 Å². The second-order valence-corrected chi connectivity index (χ2v) is 9.42. The summed E-state index contributed by atoms with van der Waals surface area (Å²) in [4.78, 5) is 19.3. The second-order valence-electron chi connectivity index (χ2n) is 9.42. The number of hydrogen-bond donors (Lipinski definition) is 0. The van der Waals surface area contributed by atoms with Gasteiger partial charge in [-0.25, -0.2) is 9.78 Å². The molecule has 2 aromatic heterocycles. The normalized spacial score (nSPS) is 11.5. The number of esters is 1. The van der Waals surface area contributed by atoms with E-state index in [1.54, 1.807) is 40.2 Å². The number of benzene rings is 2. The summed E-state index contributed by atoms with van der Waals surface area (Å²) in [6, 6.07) is 19.2. The zero-order chi connectivity index (χ0) is 27.1. The van der Waals surface area contributed by atoms with Crippen molar-refractivity contribution < 1.29 is 27.8 Å². The molecule has 0 unspecified atom stereocenters. The summed E-state index contributed by atoms with van der Waals surface area (Å²) >= 11 is 0. The molecule has 0 spiro atoms. The highest BCUT2D eigenvalue weighted by atomic mass is 16.6. The smallest absolute Gasteiger partial charge is 0.349 e. The number of ether oxygens (including phenoxy) is 3. The van der Waals surface area contributed by atoms with E-state index in [-0.39, 0.29) is 6.61 Å². The number of aryl methyl sites for hydroxylation is 1. The van der Waals surface area contributed by atoms with E-state index in [4.69, 9.17) is 28.0 Å². The van der Waals surface area contributed by atoms with E-state index >= 15 is 0 Å². The van der Waals surface area contributed by atoms with Crippen LogP contribution in [0.2, 0.25) is 0 Å². The molecule has 0 atom stereocenters. The van der Waals surface area contributed by atoms with E-state index in [2.05, 4.69) is 4.90 Å². The Balaban J connectivity index is 1.56. The zero-order valence-corrected chi connectivity index (χ0v) is 22.5. The number of rotatable bonds is 12. The topological polar surface area (TPSA) is 87.2 Å². The molecule has 8 heteroatoms. The van der Waals surface area contributed by atoms with E-state index in [1.165, 1.54) is 0 Å². The van der Waals surface area contributed by atoms with Crippen LogP contribution in [0.15, 0.2) is 75.8 Å². The van der Waals surface area contributed by atoms with Crippen LogP contribution in [0, 0.1) is 6.92 Å². The standard InChI is InChI=1S/C30H34N2O6/c1-6-35-29(33)30(3,4)38-24-15-14-23(27(17-24)34-5)18-32(19-25-13-10-16-36-25)20-26-21(2)37-28(31-26)22-11-8-7-9-12-22/h7-17H,6,18-20H2,1-5H3. The molecule has 0 N–H and O–H groups in total. The Labute approximate surface area is 223 Å². The van der Waals surface area contributed by atoms with Crippen LogP contribution in [0.4, 0.5) is 0 Å². The van der Waals surface area contributed by atoms with Crippen molar-refractivity contribution >= 4 is 5.97 Å². The Kier molecular flexibility index (Phi) is 8.53. The van der Waals surface area contributed by atoms with Crippen molar-refractivity contribution in [1.82, 2.24) is 9.88 Å². The molecule has 0 amide bonds. The highest BCUT2D eigenvalue weighted by molar-refractivity contribution is 5.79. The molecule has 0 saturated carbocycles. The molecule has 4 aromatic rings. The first-order chi connectivity index (χ1) is 18.3. The third-order valence-corrected chi connectivity index (χ3v) is 6.04. The van der Waals surface area contributed by atoms with Crippen LogP contribution in [0.3, 0.4) is 0 Å². The Morgan fingerprint density at radius 3 is 2.50 bits per heavy atom. The number of carbonyl (C=O) groups is 1.